The van der Waals surface area contributed by atoms with Gasteiger partial charge in [-0.3, -0.25) is 4.79 Å². The average molecular weight is 250 g/mol. The monoisotopic (exact) mass is 250 g/mol. The van der Waals surface area contributed by atoms with Gasteiger partial charge in [0.25, 0.3) is 0 Å². The minimum absolute atomic E-state index is 0.0695. The summed E-state index contributed by atoms with van der Waals surface area (Å²) in [6.07, 6.45) is 5.24. The molecule has 2 saturated carbocycles. The standard InChI is InChI=1S/C12H18N4O2/c1-7(6-10(17)18)16-12(13-14-15-16)11-8-4-2-3-5-9(8)11/h7-9,11H,2-6H2,1H3,(H,17,18). The van der Waals surface area contributed by atoms with Gasteiger partial charge < -0.3 is 5.11 Å². The Morgan fingerprint density at radius 3 is 2.72 bits per heavy atom. The second-order valence-electron chi connectivity index (χ2n) is 5.57. The van der Waals surface area contributed by atoms with Crippen molar-refractivity contribution in [1.82, 2.24) is 20.2 Å². The van der Waals surface area contributed by atoms with Crippen molar-refractivity contribution in [3.63, 3.8) is 0 Å². The molecule has 0 saturated heterocycles. The number of aliphatic carboxylic acids is 1. The second-order valence-corrected chi connectivity index (χ2v) is 5.57. The Morgan fingerprint density at radius 2 is 2.11 bits per heavy atom. The van der Waals surface area contributed by atoms with Gasteiger partial charge in [0.1, 0.15) is 0 Å². The lowest BCUT2D eigenvalue weighted by Crippen LogP contribution is -2.15. The summed E-state index contributed by atoms with van der Waals surface area (Å²) in [6.45, 7) is 1.86. The van der Waals surface area contributed by atoms with Crippen LogP contribution in [0.25, 0.3) is 0 Å². The SMILES string of the molecule is CC(CC(=O)O)n1nnnc1C1C2CCCCC21. The summed E-state index contributed by atoms with van der Waals surface area (Å²) < 4.78 is 1.72. The van der Waals surface area contributed by atoms with Gasteiger partial charge in [-0.1, -0.05) is 12.8 Å². The summed E-state index contributed by atoms with van der Waals surface area (Å²) in [6, 6.07) is -0.171. The largest absolute Gasteiger partial charge is 0.481 e. The van der Waals surface area contributed by atoms with Crippen LogP contribution < -0.4 is 0 Å². The second kappa shape index (κ2) is 4.33. The molecular weight excluding hydrogens is 232 g/mol. The molecule has 0 radical (unpaired) electrons. The van der Waals surface area contributed by atoms with Gasteiger partial charge in [0.05, 0.1) is 12.5 Å². The Hall–Kier alpha value is -1.46. The van der Waals surface area contributed by atoms with Crippen molar-refractivity contribution >= 4 is 5.97 Å². The Labute approximate surface area is 105 Å². The summed E-state index contributed by atoms with van der Waals surface area (Å²) in [5, 5.41) is 20.7. The third kappa shape index (κ3) is 1.89. The van der Waals surface area contributed by atoms with Crippen LogP contribution in [0.5, 0.6) is 0 Å². The topological polar surface area (TPSA) is 80.9 Å². The van der Waals surface area contributed by atoms with Crippen molar-refractivity contribution in [3.8, 4) is 0 Å². The Balaban J connectivity index is 1.78. The summed E-state index contributed by atoms with van der Waals surface area (Å²) in [5.41, 5.74) is 0. The predicted octanol–water partition coefficient (Wildman–Crippen LogP) is 1.61. The molecule has 98 valence electrons. The van der Waals surface area contributed by atoms with Crippen LogP contribution in [-0.4, -0.2) is 31.3 Å². The molecule has 0 aliphatic heterocycles. The fraction of sp³-hybridized carbons (Fsp3) is 0.833. The number of tetrazole rings is 1. The molecule has 1 N–H and O–H groups in total. The van der Waals surface area contributed by atoms with Gasteiger partial charge in [0, 0.05) is 5.92 Å². The highest BCUT2D eigenvalue weighted by Crippen LogP contribution is 2.60. The zero-order chi connectivity index (χ0) is 12.7. The molecule has 3 unspecified atom stereocenters. The third-order valence-corrected chi connectivity index (χ3v) is 4.36. The summed E-state index contributed by atoms with van der Waals surface area (Å²) in [7, 11) is 0. The molecule has 2 aliphatic rings. The van der Waals surface area contributed by atoms with Crippen molar-refractivity contribution in [3.05, 3.63) is 5.82 Å². The van der Waals surface area contributed by atoms with Gasteiger partial charge in [-0.15, -0.1) is 5.10 Å². The maximum absolute atomic E-state index is 10.8. The van der Waals surface area contributed by atoms with E-state index >= 15 is 0 Å². The van der Waals surface area contributed by atoms with Gasteiger partial charge in [-0.25, -0.2) is 4.68 Å². The molecule has 3 atom stereocenters. The maximum Gasteiger partial charge on any atom is 0.305 e. The average Bonchev–Trinajstić information content (AvgIpc) is 2.84. The molecule has 0 aromatic carbocycles. The highest BCUT2D eigenvalue weighted by Gasteiger charge is 2.54. The summed E-state index contributed by atoms with van der Waals surface area (Å²) in [5.74, 6) is 2.04. The maximum atomic E-state index is 10.8. The highest BCUT2D eigenvalue weighted by molar-refractivity contribution is 5.67. The lowest BCUT2D eigenvalue weighted by atomic mass is 10.0. The number of hydrogen-bond acceptors (Lipinski definition) is 4. The first-order chi connectivity index (χ1) is 8.68. The molecular formula is C12H18N4O2. The van der Waals surface area contributed by atoms with Crippen molar-refractivity contribution in [2.75, 3.05) is 0 Å². The molecule has 0 spiro atoms. The fourth-order valence-corrected chi connectivity index (χ4v) is 3.45. The van der Waals surface area contributed by atoms with E-state index < -0.39 is 5.97 Å². The van der Waals surface area contributed by atoms with Crippen LogP contribution in [0.3, 0.4) is 0 Å². The number of carboxylic acid groups (broad SMARTS) is 1. The molecule has 1 heterocycles. The number of fused-ring (bicyclic) bond motifs is 1. The van der Waals surface area contributed by atoms with Crippen molar-refractivity contribution in [2.24, 2.45) is 11.8 Å². The molecule has 0 amide bonds. The van der Waals surface area contributed by atoms with Crippen molar-refractivity contribution in [1.29, 1.82) is 0 Å². The molecule has 1 aromatic heterocycles. The molecule has 2 aliphatic carbocycles. The van der Waals surface area contributed by atoms with E-state index in [9.17, 15) is 4.79 Å². The van der Waals surface area contributed by atoms with E-state index in [1.165, 1.54) is 25.7 Å². The van der Waals surface area contributed by atoms with E-state index in [1.807, 2.05) is 6.92 Å². The summed E-state index contributed by atoms with van der Waals surface area (Å²) in [4.78, 5) is 10.8. The molecule has 1 aromatic rings. The number of nitrogens with zero attached hydrogens (tertiary/aromatic N) is 4. The van der Waals surface area contributed by atoms with E-state index in [0.717, 1.165) is 17.7 Å². The van der Waals surface area contributed by atoms with Crippen molar-refractivity contribution in [2.45, 2.75) is 51.0 Å². The van der Waals surface area contributed by atoms with Crippen LogP contribution >= 0.6 is 0 Å². The van der Waals surface area contributed by atoms with Gasteiger partial charge in [-0.05, 0) is 42.0 Å². The first-order valence-electron chi connectivity index (χ1n) is 6.68. The molecule has 6 heteroatoms. The molecule has 0 bridgehead atoms. The quantitative estimate of drug-likeness (QED) is 0.878. The lowest BCUT2D eigenvalue weighted by Gasteiger charge is -2.10. The van der Waals surface area contributed by atoms with Crippen LogP contribution in [0.15, 0.2) is 0 Å². The van der Waals surface area contributed by atoms with Crippen molar-refractivity contribution < 1.29 is 9.90 Å². The minimum Gasteiger partial charge on any atom is -0.481 e. The first-order valence-corrected chi connectivity index (χ1v) is 6.68. The van der Waals surface area contributed by atoms with Gasteiger partial charge >= 0.3 is 5.97 Å². The number of rotatable bonds is 4. The van der Waals surface area contributed by atoms with E-state index in [4.69, 9.17) is 5.11 Å². The van der Waals surface area contributed by atoms with Gasteiger partial charge in [0.2, 0.25) is 0 Å². The Bertz CT molecular complexity index is 447. The summed E-state index contributed by atoms with van der Waals surface area (Å²) >= 11 is 0. The smallest absolute Gasteiger partial charge is 0.305 e. The van der Waals surface area contributed by atoms with E-state index in [2.05, 4.69) is 15.5 Å². The van der Waals surface area contributed by atoms with Crippen LogP contribution in [0.1, 0.15) is 56.8 Å². The molecule has 3 rings (SSSR count). The zero-order valence-electron chi connectivity index (χ0n) is 10.5. The van der Waals surface area contributed by atoms with E-state index in [-0.39, 0.29) is 12.5 Å². The number of hydrogen-bond donors (Lipinski definition) is 1. The zero-order valence-corrected chi connectivity index (χ0v) is 10.5. The van der Waals surface area contributed by atoms with Crippen LogP contribution in [0, 0.1) is 11.8 Å². The Morgan fingerprint density at radius 1 is 1.44 bits per heavy atom. The fourth-order valence-electron chi connectivity index (χ4n) is 3.45. The van der Waals surface area contributed by atoms with Crippen LogP contribution in [0.4, 0.5) is 0 Å². The minimum atomic E-state index is -0.808. The van der Waals surface area contributed by atoms with Gasteiger partial charge in [-0.2, -0.15) is 0 Å². The van der Waals surface area contributed by atoms with Gasteiger partial charge in [0.15, 0.2) is 5.82 Å². The van der Waals surface area contributed by atoms with E-state index in [0.29, 0.717) is 5.92 Å². The number of carboxylic acids is 1. The predicted molar refractivity (Wildman–Crippen MR) is 63.0 cm³/mol. The van der Waals surface area contributed by atoms with E-state index in [1.54, 1.807) is 4.68 Å². The molecule has 18 heavy (non-hydrogen) atoms. The molecule has 6 nitrogen and oxygen atoms in total. The third-order valence-electron chi connectivity index (χ3n) is 4.36. The lowest BCUT2D eigenvalue weighted by molar-refractivity contribution is -0.137. The highest BCUT2D eigenvalue weighted by atomic mass is 16.4. The first kappa shape index (κ1) is 11.6. The molecule has 2 fully saturated rings. The number of aromatic nitrogens is 4. The van der Waals surface area contributed by atoms with Crippen LogP contribution in [0.2, 0.25) is 0 Å². The normalized spacial score (nSPS) is 31.7. The van der Waals surface area contributed by atoms with Crippen LogP contribution in [-0.2, 0) is 4.79 Å². The number of carbonyl (C=O) groups is 1. The Kier molecular flexibility index (Phi) is 2.80.